The van der Waals surface area contributed by atoms with Crippen LogP contribution < -0.4 is 0 Å². The van der Waals surface area contributed by atoms with E-state index < -0.39 is 0 Å². The molecule has 12 aromatic rings. The highest BCUT2D eigenvalue weighted by Crippen LogP contribution is 2.43. The van der Waals surface area contributed by atoms with Crippen molar-refractivity contribution in [3.05, 3.63) is 242 Å². The summed E-state index contributed by atoms with van der Waals surface area (Å²) in [5.41, 5.74) is 17.3. The molecule has 13 rings (SSSR count). The minimum atomic E-state index is 0.768. The molecule has 0 spiro atoms. The highest BCUT2D eigenvalue weighted by atomic mass is 15.0. The van der Waals surface area contributed by atoms with Gasteiger partial charge < -0.3 is 13.7 Å². The Kier molecular flexibility index (Phi) is 10.1. The predicted octanol–water partition coefficient (Wildman–Crippen LogP) is 16.7. The van der Waals surface area contributed by atoms with E-state index in [0.717, 1.165) is 58.0 Å². The zero-order valence-corrected chi connectivity index (χ0v) is 37.6. The van der Waals surface area contributed by atoms with Crippen molar-refractivity contribution in [3.63, 3.8) is 0 Å². The van der Waals surface area contributed by atoms with Crippen LogP contribution in [0.1, 0.15) is 26.0 Å². The quantitative estimate of drug-likeness (QED) is 0.157. The number of hydrogen-bond acceptors (Lipinski definition) is 1. The molecule has 0 saturated carbocycles. The molecule has 1 aliphatic carbocycles. The third kappa shape index (κ3) is 6.80. The van der Waals surface area contributed by atoms with Gasteiger partial charge in [0.15, 0.2) is 0 Å². The Balaban J connectivity index is 0.00000231. The third-order valence-corrected chi connectivity index (χ3v) is 13.2. The fraction of sp³-hybridized carbons (Fsp3) is 0.0635. The Hall–Kier alpha value is -8.47. The van der Waals surface area contributed by atoms with E-state index >= 15 is 0 Å². The van der Waals surface area contributed by atoms with Crippen molar-refractivity contribution in [1.29, 1.82) is 0 Å². The van der Waals surface area contributed by atoms with E-state index in [9.17, 15) is 0 Å². The second kappa shape index (κ2) is 16.8. The van der Waals surface area contributed by atoms with E-state index in [-0.39, 0.29) is 0 Å². The summed E-state index contributed by atoms with van der Waals surface area (Å²) in [7, 11) is 0. The maximum absolute atomic E-state index is 5.23. The molecule has 0 bridgehead atoms. The van der Waals surface area contributed by atoms with Crippen molar-refractivity contribution in [2.75, 3.05) is 0 Å². The van der Waals surface area contributed by atoms with E-state index in [1.54, 1.807) is 0 Å². The van der Waals surface area contributed by atoms with Crippen molar-refractivity contribution >= 4 is 65.4 Å². The summed E-state index contributed by atoms with van der Waals surface area (Å²) in [6.45, 7) is 4.00. The number of aromatic nitrogens is 4. The molecule has 0 radical (unpaired) electrons. The fourth-order valence-electron chi connectivity index (χ4n) is 10.4. The van der Waals surface area contributed by atoms with Gasteiger partial charge in [-0.3, -0.25) is 4.98 Å². The lowest BCUT2D eigenvalue weighted by Gasteiger charge is -2.13. The lowest BCUT2D eigenvalue weighted by atomic mass is 9.99. The van der Waals surface area contributed by atoms with Crippen molar-refractivity contribution in [2.24, 2.45) is 0 Å². The molecule has 320 valence electrons. The van der Waals surface area contributed by atoms with Crippen LogP contribution in [0, 0.1) is 0 Å². The molecule has 0 fully saturated rings. The maximum Gasteiger partial charge on any atom is 0.0711 e. The van der Waals surface area contributed by atoms with Gasteiger partial charge in [0, 0.05) is 67.1 Å². The Labute approximate surface area is 390 Å². The molecule has 0 aliphatic heterocycles. The van der Waals surface area contributed by atoms with Gasteiger partial charge in [0.1, 0.15) is 0 Å². The highest BCUT2D eigenvalue weighted by Gasteiger charge is 2.22. The van der Waals surface area contributed by atoms with Gasteiger partial charge >= 0.3 is 0 Å². The summed E-state index contributed by atoms with van der Waals surface area (Å²) in [6.07, 6.45) is 12.7. The zero-order chi connectivity index (χ0) is 44.8. The maximum atomic E-state index is 5.23. The molecular formula is C63H48N4. The van der Waals surface area contributed by atoms with Gasteiger partial charge in [-0.1, -0.05) is 166 Å². The summed E-state index contributed by atoms with van der Waals surface area (Å²) in [6, 6.07) is 73.1. The summed E-state index contributed by atoms with van der Waals surface area (Å²) >= 11 is 0. The number of hydrogen-bond donors (Lipinski definition) is 0. The van der Waals surface area contributed by atoms with E-state index in [1.807, 2.05) is 13.8 Å². The van der Waals surface area contributed by atoms with Crippen LogP contribution >= 0.6 is 0 Å². The van der Waals surface area contributed by atoms with Crippen molar-refractivity contribution < 1.29 is 0 Å². The van der Waals surface area contributed by atoms with Crippen LogP contribution in [0.2, 0.25) is 0 Å². The molecule has 1 aliphatic rings. The predicted molar refractivity (Wildman–Crippen MR) is 284 cm³/mol. The minimum Gasteiger partial charge on any atom is -0.309 e. The first-order valence-electron chi connectivity index (χ1n) is 23.5. The monoisotopic (exact) mass is 860 g/mol. The highest BCUT2D eigenvalue weighted by molar-refractivity contribution is 6.26. The van der Waals surface area contributed by atoms with Crippen LogP contribution in [0.15, 0.2) is 236 Å². The Morgan fingerprint density at radius 3 is 1.81 bits per heavy atom. The first kappa shape index (κ1) is 40.1. The average Bonchev–Trinajstić information content (AvgIpc) is 3.94. The fourth-order valence-corrected chi connectivity index (χ4v) is 10.4. The topological polar surface area (TPSA) is 27.7 Å². The van der Waals surface area contributed by atoms with E-state index in [4.69, 9.17) is 4.98 Å². The molecule has 8 aromatic carbocycles. The summed E-state index contributed by atoms with van der Waals surface area (Å²) in [4.78, 5) is 5.23. The Morgan fingerprint density at radius 2 is 1.01 bits per heavy atom. The Bertz CT molecular complexity index is 3930. The van der Waals surface area contributed by atoms with Gasteiger partial charge in [0.05, 0.1) is 38.8 Å². The van der Waals surface area contributed by atoms with Crippen LogP contribution in [-0.2, 0) is 6.42 Å². The smallest absolute Gasteiger partial charge is 0.0711 e. The summed E-state index contributed by atoms with van der Waals surface area (Å²) in [5, 5.41) is 7.41. The number of allylic oxidation sites excluding steroid dienone is 6. The molecule has 0 saturated heterocycles. The molecule has 0 atom stereocenters. The lowest BCUT2D eigenvalue weighted by molar-refractivity contribution is 1.07. The summed E-state index contributed by atoms with van der Waals surface area (Å²) in [5.74, 6) is 0. The van der Waals surface area contributed by atoms with E-state index in [2.05, 4.69) is 244 Å². The van der Waals surface area contributed by atoms with Crippen LogP contribution in [0.25, 0.3) is 105 Å². The molecule has 4 heteroatoms. The van der Waals surface area contributed by atoms with Crippen LogP contribution in [0.3, 0.4) is 0 Å². The van der Waals surface area contributed by atoms with Gasteiger partial charge in [-0.05, 0) is 102 Å². The lowest BCUT2D eigenvalue weighted by Crippen LogP contribution is -1.98. The SMILES string of the molecule is C1=CCC=C(Cc2cc(-c3cccc(-n4c5ccccc5c5c4ccc4c6ccccc6n(-c6ccc7c(c6)c6ccccc6n7-c6ccccc6)c45)c3)cc(-c3ccccc3)n2)C=C1.CC. The standard InChI is InChI=1S/C61H42N4.C2H6/c1-2-6-19-41(18-5-1)36-45-37-44(39-54(62-45)42-20-7-3-8-21-42)43-22-17-25-47(38-43)64-57-31-16-13-28-52(57)60-59(64)35-33-51-49-26-11-15-30-56(49)65(61(51)60)48-32-34-58-53(40-48)50-27-12-14-29-55(50)63(58)46-23-9-4-10-24-46;1-2/h1-5,7-35,37-40H,6,36H2;1-2H3. The molecule has 67 heavy (non-hydrogen) atoms. The number of nitrogens with zero attached hydrogens (tertiary/aromatic N) is 4. The zero-order valence-electron chi connectivity index (χ0n) is 37.6. The van der Waals surface area contributed by atoms with Crippen LogP contribution in [-0.4, -0.2) is 18.7 Å². The van der Waals surface area contributed by atoms with Crippen LogP contribution in [0.4, 0.5) is 0 Å². The largest absolute Gasteiger partial charge is 0.309 e. The number of pyridine rings is 1. The number of fused-ring (bicyclic) bond motifs is 10. The molecular weight excluding hydrogens is 813 g/mol. The Morgan fingerprint density at radius 1 is 0.418 bits per heavy atom. The molecule has 0 amide bonds. The number of rotatable bonds is 7. The van der Waals surface area contributed by atoms with E-state index in [1.165, 1.54) is 71.0 Å². The molecule has 0 unspecified atom stereocenters. The van der Waals surface area contributed by atoms with Gasteiger partial charge in [-0.25, -0.2) is 0 Å². The molecule has 0 N–H and O–H groups in total. The van der Waals surface area contributed by atoms with Crippen molar-refractivity contribution in [1.82, 2.24) is 18.7 Å². The van der Waals surface area contributed by atoms with Gasteiger partial charge in [-0.15, -0.1) is 0 Å². The van der Waals surface area contributed by atoms with Gasteiger partial charge in [0.2, 0.25) is 0 Å². The number of para-hydroxylation sites is 4. The summed E-state index contributed by atoms with van der Waals surface area (Å²) < 4.78 is 7.35. The second-order valence-corrected chi connectivity index (χ2v) is 17.1. The molecule has 4 aromatic heterocycles. The van der Waals surface area contributed by atoms with Crippen molar-refractivity contribution in [3.8, 4) is 39.4 Å². The average molecular weight is 861 g/mol. The molecule has 4 heterocycles. The first-order valence-corrected chi connectivity index (χ1v) is 23.5. The normalized spacial score (nSPS) is 12.6. The van der Waals surface area contributed by atoms with Crippen molar-refractivity contribution in [2.45, 2.75) is 26.7 Å². The molecule has 4 nitrogen and oxygen atoms in total. The van der Waals surface area contributed by atoms with Gasteiger partial charge in [0.25, 0.3) is 0 Å². The first-order chi connectivity index (χ1) is 33.2. The minimum absolute atomic E-state index is 0.768. The van der Waals surface area contributed by atoms with E-state index in [0.29, 0.717) is 0 Å². The third-order valence-electron chi connectivity index (χ3n) is 13.2. The van der Waals surface area contributed by atoms with Gasteiger partial charge in [-0.2, -0.15) is 0 Å². The second-order valence-electron chi connectivity index (χ2n) is 17.1. The number of benzene rings is 8. The van der Waals surface area contributed by atoms with Crippen LogP contribution in [0.5, 0.6) is 0 Å².